The van der Waals surface area contributed by atoms with Gasteiger partial charge >= 0.3 is 0 Å². The van der Waals surface area contributed by atoms with E-state index in [4.69, 9.17) is 5.26 Å². The maximum atomic E-state index is 11.0. The van der Waals surface area contributed by atoms with Crippen molar-refractivity contribution in [1.29, 1.82) is 5.26 Å². The molecule has 0 bridgehead atoms. The van der Waals surface area contributed by atoms with E-state index >= 15 is 0 Å². The van der Waals surface area contributed by atoms with Crippen molar-refractivity contribution in [2.75, 3.05) is 11.4 Å². The second kappa shape index (κ2) is 5.91. The van der Waals surface area contributed by atoms with Gasteiger partial charge in [0.25, 0.3) is 5.69 Å². The molecule has 106 valence electrons. The van der Waals surface area contributed by atoms with Crippen molar-refractivity contribution in [2.45, 2.75) is 39.2 Å². The third-order valence-electron chi connectivity index (χ3n) is 3.57. The highest BCUT2D eigenvalue weighted by atomic mass is 16.6. The summed E-state index contributed by atoms with van der Waals surface area (Å²) in [7, 11) is 0. The van der Waals surface area contributed by atoms with Crippen molar-refractivity contribution < 1.29 is 4.92 Å². The van der Waals surface area contributed by atoms with Crippen LogP contribution >= 0.6 is 0 Å². The molecule has 0 heterocycles. The van der Waals surface area contributed by atoms with Gasteiger partial charge in [-0.15, -0.1) is 0 Å². The van der Waals surface area contributed by atoms with E-state index in [-0.39, 0.29) is 11.3 Å². The number of rotatable bonds is 6. The van der Waals surface area contributed by atoms with Gasteiger partial charge < -0.3 is 4.90 Å². The lowest BCUT2D eigenvalue weighted by Crippen LogP contribution is -2.27. The average molecular weight is 273 g/mol. The van der Waals surface area contributed by atoms with E-state index in [1.54, 1.807) is 6.07 Å². The normalized spacial score (nSPS) is 14.1. The molecule has 1 saturated carbocycles. The number of nitro benzene ring substituents is 1. The smallest absolute Gasteiger partial charge is 0.289 e. The summed E-state index contributed by atoms with van der Waals surface area (Å²) in [6, 6.07) is 7.30. The molecule has 1 aliphatic carbocycles. The molecule has 0 aromatic heterocycles. The second-order valence-electron chi connectivity index (χ2n) is 5.68. The molecule has 0 aliphatic heterocycles. The number of hydrogen-bond donors (Lipinski definition) is 0. The van der Waals surface area contributed by atoms with Gasteiger partial charge in [0.2, 0.25) is 0 Å². The summed E-state index contributed by atoms with van der Waals surface area (Å²) >= 11 is 0. The Morgan fingerprint density at radius 3 is 2.70 bits per heavy atom. The summed E-state index contributed by atoms with van der Waals surface area (Å²) < 4.78 is 0. The molecule has 0 saturated heterocycles. The van der Waals surface area contributed by atoms with Crippen molar-refractivity contribution in [2.24, 2.45) is 5.92 Å². The molecule has 5 heteroatoms. The number of nitrogens with zero attached hydrogens (tertiary/aromatic N) is 3. The first-order valence-corrected chi connectivity index (χ1v) is 6.98. The second-order valence-corrected chi connectivity index (χ2v) is 5.68. The van der Waals surface area contributed by atoms with E-state index in [2.05, 4.69) is 18.7 Å². The van der Waals surface area contributed by atoms with E-state index in [9.17, 15) is 10.1 Å². The zero-order chi connectivity index (χ0) is 14.7. The number of nitro groups is 1. The van der Waals surface area contributed by atoms with Gasteiger partial charge in [-0.25, -0.2) is 0 Å². The third-order valence-corrected chi connectivity index (χ3v) is 3.57. The zero-order valence-electron chi connectivity index (χ0n) is 11.9. The van der Waals surface area contributed by atoms with Crippen molar-refractivity contribution in [3.8, 4) is 6.07 Å². The topological polar surface area (TPSA) is 70.2 Å². The van der Waals surface area contributed by atoms with Crippen molar-refractivity contribution in [1.82, 2.24) is 0 Å². The van der Waals surface area contributed by atoms with Crippen LogP contribution in [0.2, 0.25) is 0 Å². The first-order chi connectivity index (χ1) is 9.52. The standard InChI is InChI=1S/C15H19N3O2/c1-11(2)7-8-17(13-5-6-13)14-4-3-12(10-16)15(9-14)18(19)20/h3-4,9,11,13H,5-8H2,1-2H3. The molecule has 2 rings (SSSR count). The highest BCUT2D eigenvalue weighted by Gasteiger charge is 2.30. The summed E-state index contributed by atoms with van der Waals surface area (Å²) in [5, 5.41) is 20.0. The molecule has 0 unspecified atom stereocenters. The molecule has 0 N–H and O–H groups in total. The molecule has 5 nitrogen and oxygen atoms in total. The summed E-state index contributed by atoms with van der Waals surface area (Å²) in [5.74, 6) is 0.601. The van der Waals surface area contributed by atoms with Crippen LogP contribution in [-0.2, 0) is 0 Å². The van der Waals surface area contributed by atoms with Gasteiger partial charge in [0.05, 0.1) is 4.92 Å². The van der Waals surface area contributed by atoms with Crippen LogP contribution in [0.4, 0.5) is 11.4 Å². The Kier molecular flexibility index (Phi) is 4.23. The fraction of sp³-hybridized carbons (Fsp3) is 0.533. The minimum atomic E-state index is -0.477. The predicted octanol–water partition coefficient (Wildman–Crippen LogP) is 3.48. The Bertz CT molecular complexity index is 545. The van der Waals surface area contributed by atoms with E-state index in [1.807, 2.05) is 12.1 Å². The Morgan fingerprint density at radius 2 is 2.20 bits per heavy atom. The first-order valence-electron chi connectivity index (χ1n) is 6.98. The van der Waals surface area contributed by atoms with Gasteiger partial charge in [-0.05, 0) is 37.3 Å². The largest absolute Gasteiger partial charge is 0.368 e. The van der Waals surface area contributed by atoms with Crippen LogP contribution in [0.1, 0.15) is 38.7 Å². The highest BCUT2D eigenvalue weighted by molar-refractivity contribution is 5.61. The maximum absolute atomic E-state index is 11.0. The van der Waals surface area contributed by atoms with E-state index in [0.29, 0.717) is 12.0 Å². The molecule has 0 radical (unpaired) electrons. The molecule has 0 atom stereocenters. The van der Waals surface area contributed by atoms with Crippen LogP contribution in [0.25, 0.3) is 0 Å². The summed E-state index contributed by atoms with van der Waals surface area (Å²) in [6.45, 7) is 5.25. The van der Waals surface area contributed by atoms with Gasteiger partial charge in [-0.1, -0.05) is 13.8 Å². The van der Waals surface area contributed by atoms with E-state index in [1.165, 1.54) is 6.07 Å². The lowest BCUT2D eigenvalue weighted by molar-refractivity contribution is -0.385. The number of benzene rings is 1. The van der Waals surface area contributed by atoms with Crippen molar-refractivity contribution >= 4 is 11.4 Å². The molecule has 1 aliphatic rings. The van der Waals surface area contributed by atoms with Crippen LogP contribution < -0.4 is 4.90 Å². The molecule has 1 fully saturated rings. The lowest BCUT2D eigenvalue weighted by atomic mass is 10.1. The first kappa shape index (κ1) is 14.3. The number of anilines is 1. The Labute approximate surface area is 119 Å². The summed E-state index contributed by atoms with van der Waals surface area (Å²) in [4.78, 5) is 12.8. The zero-order valence-corrected chi connectivity index (χ0v) is 11.9. The molecule has 1 aromatic carbocycles. The molecular formula is C15H19N3O2. The Morgan fingerprint density at radius 1 is 1.50 bits per heavy atom. The molecule has 0 amide bonds. The van der Waals surface area contributed by atoms with Crippen LogP contribution in [0.5, 0.6) is 0 Å². The van der Waals surface area contributed by atoms with Gasteiger partial charge in [0.15, 0.2) is 0 Å². The van der Waals surface area contributed by atoms with Crippen LogP contribution in [0, 0.1) is 27.4 Å². The lowest BCUT2D eigenvalue weighted by Gasteiger charge is -2.25. The fourth-order valence-corrected chi connectivity index (χ4v) is 2.25. The maximum Gasteiger partial charge on any atom is 0.289 e. The van der Waals surface area contributed by atoms with Crippen LogP contribution in [0.3, 0.4) is 0 Å². The number of hydrogen-bond acceptors (Lipinski definition) is 4. The number of nitriles is 1. The highest BCUT2D eigenvalue weighted by Crippen LogP contribution is 2.34. The van der Waals surface area contributed by atoms with Crippen LogP contribution in [0.15, 0.2) is 18.2 Å². The fourth-order valence-electron chi connectivity index (χ4n) is 2.25. The van der Waals surface area contributed by atoms with Crippen molar-refractivity contribution in [3.63, 3.8) is 0 Å². The van der Waals surface area contributed by atoms with Crippen LogP contribution in [-0.4, -0.2) is 17.5 Å². The Balaban J connectivity index is 2.27. The molecule has 1 aromatic rings. The van der Waals surface area contributed by atoms with Gasteiger partial charge in [0, 0.05) is 24.3 Å². The van der Waals surface area contributed by atoms with Gasteiger partial charge in [-0.2, -0.15) is 5.26 Å². The van der Waals surface area contributed by atoms with Crippen molar-refractivity contribution in [3.05, 3.63) is 33.9 Å². The van der Waals surface area contributed by atoms with E-state index < -0.39 is 4.92 Å². The minimum Gasteiger partial charge on any atom is -0.368 e. The monoisotopic (exact) mass is 273 g/mol. The molecular weight excluding hydrogens is 254 g/mol. The van der Waals surface area contributed by atoms with Gasteiger partial charge in [-0.3, -0.25) is 10.1 Å². The third kappa shape index (κ3) is 3.27. The SMILES string of the molecule is CC(C)CCN(c1ccc(C#N)c([N+](=O)[O-])c1)C1CC1. The molecule has 0 spiro atoms. The van der Waals surface area contributed by atoms with Gasteiger partial charge in [0.1, 0.15) is 11.6 Å². The summed E-state index contributed by atoms with van der Waals surface area (Å²) in [5.41, 5.74) is 0.886. The quantitative estimate of drug-likeness (QED) is 0.587. The van der Waals surface area contributed by atoms with E-state index in [0.717, 1.165) is 31.5 Å². The summed E-state index contributed by atoms with van der Waals surface area (Å²) in [6.07, 6.45) is 3.35. The minimum absolute atomic E-state index is 0.0970. The molecule has 20 heavy (non-hydrogen) atoms. The average Bonchev–Trinajstić information content (AvgIpc) is 3.23. The Hall–Kier alpha value is -2.09. The predicted molar refractivity (Wildman–Crippen MR) is 77.6 cm³/mol.